The SMILES string of the molecule is CN=C(NCc1nnc2n1CCCC2)N1CCC(c2ccccc2C)C1.I. The van der Waals surface area contributed by atoms with Crippen LogP contribution < -0.4 is 5.32 Å². The minimum atomic E-state index is 0. The standard InChI is InChI=1S/C20H28N6.HI/c1-15-7-3-4-8-17(15)16-10-12-25(14-16)20(21-2)22-13-19-24-23-18-9-5-6-11-26(18)19;/h3-4,7-8,16H,5-6,9-14H2,1-2H3,(H,21,22);1H. The summed E-state index contributed by atoms with van der Waals surface area (Å²) >= 11 is 0. The number of nitrogens with one attached hydrogen (secondary N) is 1. The summed E-state index contributed by atoms with van der Waals surface area (Å²) in [5.41, 5.74) is 2.86. The van der Waals surface area contributed by atoms with E-state index in [0.717, 1.165) is 43.7 Å². The third-order valence-electron chi connectivity index (χ3n) is 5.67. The van der Waals surface area contributed by atoms with Crippen LogP contribution in [0, 0.1) is 6.92 Å². The Labute approximate surface area is 178 Å². The zero-order chi connectivity index (χ0) is 17.9. The zero-order valence-electron chi connectivity index (χ0n) is 16.2. The predicted molar refractivity (Wildman–Crippen MR) is 119 cm³/mol. The molecule has 27 heavy (non-hydrogen) atoms. The van der Waals surface area contributed by atoms with Gasteiger partial charge in [0.15, 0.2) is 11.8 Å². The van der Waals surface area contributed by atoms with Gasteiger partial charge in [-0.1, -0.05) is 24.3 Å². The van der Waals surface area contributed by atoms with E-state index in [9.17, 15) is 0 Å². The summed E-state index contributed by atoms with van der Waals surface area (Å²) in [7, 11) is 1.86. The molecule has 0 spiro atoms. The van der Waals surface area contributed by atoms with Crippen LogP contribution in [-0.2, 0) is 19.5 Å². The average molecular weight is 480 g/mol. The molecule has 2 aliphatic rings. The minimum absolute atomic E-state index is 0. The van der Waals surface area contributed by atoms with Gasteiger partial charge in [-0.3, -0.25) is 4.99 Å². The number of aromatic nitrogens is 3. The molecule has 1 aromatic carbocycles. The number of guanidine groups is 1. The van der Waals surface area contributed by atoms with Gasteiger partial charge in [-0.15, -0.1) is 34.2 Å². The first kappa shape index (κ1) is 20.1. The number of nitrogens with zero attached hydrogens (tertiary/aromatic N) is 5. The van der Waals surface area contributed by atoms with Crippen LogP contribution in [-0.4, -0.2) is 45.8 Å². The fourth-order valence-corrected chi connectivity index (χ4v) is 4.24. The fraction of sp³-hybridized carbons (Fsp3) is 0.550. The van der Waals surface area contributed by atoms with Crippen molar-refractivity contribution in [2.45, 2.75) is 51.6 Å². The van der Waals surface area contributed by atoms with E-state index in [1.54, 1.807) is 0 Å². The van der Waals surface area contributed by atoms with E-state index in [0.29, 0.717) is 12.5 Å². The second kappa shape index (κ2) is 9.03. The van der Waals surface area contributed by atoms with Crippen LogP contribution in [0.4, 0.5) is 0 Å². The number of halogens is 1. The molecule has 0 saturated carbocycles. The predicted octanol–water partition coefficient (Wildman–Crippen LogP) is 3.11. The molecule has 2 aromatic rings. The van der Waals surface area contributed by atoms with Crippen LogP contribution in [0.25, 0.3) is 0 Å². The van der Waals surface area contributed by atoms with Crippen molar-refractivity contribution in [2.75, 3.05) is 20.1 Å². The molecule has 1 fully saturated rings. The van der Waals surface area contributed by atoms with Gasteiger partial charge >= 0.3 is 0 Å². The molecule has 1 N–H and O–H groups in total. The van der Waals surface area contributed by atoms with Crippen molar-refractivity contribution in [3.05, 3.63) is 47.0 Å². The molecular formula is C20H29IN6. The topological polar surface area (TPSA) is 58.3 Å². The summed E-state index contributed by atoms with van der Waals surface area (Å²) in [6.45, 7) is 5.99. The molecule has 1 atom stereocenters. The van der Waals surface area contributed by atoms with Crippen molar-refractivity contribution in [3.63, 3.8) is 0 Å². The molecule has 2 aliphatic heterocycles. The number of fused-ring (bicyclic) bond motifs is 1. The Balaban J connectivity index is 0.00000210. The van der Waals surface area contributed by atoms with Crippen LogP contribution in [0.1, 0.15) is 48.0 Å². The molecule has 146 valence electrons. The molecule has 7 heteroatoms. The molecule has 0 amide bonds. The maximum atomic E-state index is 4.51. The van der Waals surface area contributed by atoms with E-state index in [1.165, 1.54) is 30.4 Å². The van der Waals surface area contributed by atoms with Gasteiger partial charge in [0.25, 0.3) is 0 Å². The number of aryl methyl sites for hydroxylation is 2. The lowest BCUT2D eigenvalue weighted by atomic mass is 9.94. The average Bonchev–Trinajstić information content (AvgIpc) is 3.30. The fourth-order valence-electron chi connectivity index (χ4n) is 4.24. The Morgan fingerprint density at radius 2 is 2.07 bits per heavy atom. The molecule has 1 aromatic heterocycles. The Kier molecular flexibility index (Phi) is 6.73. The van der Waals surface area contributed by atoms with E-state index in [-0.39, 0.29) is 24.0 Å². The molecule has 6 nitrogen and oxygen atoms in total. The first-order chi connectivity index (χ1) is 12.8. The molecule has 3 heterocycles. The van der Waals surface area contributed by atoms with Crippen molar-refractivity contribution in [1.29, 1.82) is 0 Å². The second-order valence-corrected chi connectivity index (χ2v) is 7.33. The lowest BCUT2D eigenvalue weighted by Crippen LogP contribution is -2.40. The van der Waals surface area contributed by atoms with Crippen molar-refractivity contribution < 1.29 is 0 Å². The van der Waals surface area contributed by atoms with Gasteiger partial charge in [-0.2, -0.15) is 0 Å². The van der Waals surface area contributed by atoms with Crippen molar-refractivity contribution in [3.8, 4) is 0 Å². The highest BCUT2D eigenvalue weighted by Crippen LogP contribution is 2.29. The smallest absolute Gasteiger partial charge is 0.194 e. The minimum Gasteiger partial charge on any atom is -0.349 e. The number of hydrogen-bond donors (Lipinski definition) is 1. The van der Waals surface area contributed by atoms with E-state index < -0.39 is 0 Å². The largest absolute Gasteiger partial charge is 0.349 e. The first-order valence-electron chi connectivity index (χ1n) is 9.68. The molecule has 0 aliphatic carbocycles. The lowest BCUT2D eigenvalue weighted by Gasteiger charge is -2.22. The van der Waals surface area contributed by atoms with Crippen molar-refractivity contribution in [2.24, 2.45) is 4.99 Å². The van der Waals surface area contributed by atoms with Crippen LogP contribution in [0.2, 0.25) is 0 Å². The summed E-state index contributed by atoms with van der Waals surface area (Å²) in [6, 6.07) is 8.74. The highest BCUT2D eigenvalue weighted by Gasteiger charge is 2.27. The van der Waals surface area contributed by atoms with Gasteiger partial charge in [0.05, 0.1) is 6.54 Å². The summed E-state index contributed by atoms with van der Waals surface area (Å²) in [6.07, 6.45) is 4.66. The van der Waals surface area contributed by atoms with Gasteiger partial charge in [0.2, 0.25) is 0 Å². The van der Waals surface area contributed by atoms with Gasteiger partial charge in [0, 0.05) is 39.0 Å². The van der Waals surface area contributed by atoms with Crippen LogP contribution in [0.15, 0.2) is 29.3 Å². The number of rotatable bonds is 3. The highest BCUT2D eigenvalue weighted by atomic mass is 127. The summed E-state index contributed by atoms with van der Waals surface area (Å²) in [4.78, 5) is 6.87. The van der Waals surface area contributed by atoms with Crippen LogP contribution in [0.3, 0.4) is 0 Å². The quantitative estimate of drug-likeness (QED) is 0.417. The molecule has 0 bridgehead atoms. The van der Waals surface area contributed by atoms with Gasteiger partial charge in [-0.05, 0) is 37.3 Å². The van der Waals surface area contributed by atoms with E-state index in [2.05, 4.69) is 61.2 Å². The van der Waals surface area contributed by atoms with Crippen molar-refractivity contribution >= 4 is 29.9 Å². The molecular weight excluding hydrogens is 451 g/mol. The highest BCUT2D eigenvalue weighted by molar-refractivity contribution is 14.0. The van der Waals surface area contributed by atoms with E-state index in [4.69, 9.17) is 0 Å². The van der Waals surface area contributed by atoms with Gasteiger partial charge < -0.3 is 14.8 Å². The zero-order valence-corrected chi connectivity index (χ0v) is 18.5. The Hall–Kier alpha value is -1.64. The monoisotopic (exact) mass is 480 g/mol. The third kappa shape index (κ3) is 4.28. The van der Waals surface area contributed by atoms with E-state index in [1.807, 2.05) is 7.05 Å². The maximum absolute atomic E-state index is 4.51. The maximum Gasteiger partial charge on any atom is 0.194 e. The molecule has 0 radical (unpaired) electrons. The summed E-state index contributed by atoms with van der Waals surface area (Å²) < 4.78 is 2.27. The second-order valence-electron chi connectivity index (χ2n) is 7.33. The summed E-state index contributed by atoms with van der Waals surface area (Å²) in [5.74, 6) is 3.70. The number of likely N-dealkylation sites (tertiary alicyclic amines) is 1. The number of benzene rings is 1. The summed E-state index contributed by atoms with van der Waals surface area (Å²) in [5, 5.41) is 12.2. The third-order valence-corrected chi connectivity index (χ3v) is 5.67. The van der Waals surface area contributed by atoms with Crippen LogP contribution >= 0.6 is 24.0 Å². The molecule has 1 saturated heterocycles. The molecule has 4 rings (SSSR count). The van der Waals surface area contributed by atoms with Gasteiger partial charge in [-0.25, -0.2) is 0 Å². The normalized spacial score (nSPS) is 19.6. The Morgan fingerprint density at radius 3 is 2.89 bits per heavy atom. The number of aliphatic imine (C=N–C) groups is 1. The first-order valence-corrected chi connectivity index (χ1v) is 9.68. The number of hydrogen-bond acceptors (Lipinski definition) is 3. The lowest BCUT2D eigenvalue weighted by molar-refractivity contribution is 0.475. The molecule has 1 unspecified atom stereocenters. The van der Waals surface area contributed by atoms with Crippen molar-refractivity contribution in [1.82, 2.24) is 25.0 Å². The van der Waals surface area contributed by atoms with E-state index >= 15 is 0 Å². The van der Waals surface area contributed by atoms with Crippen LogP contribution in [0.5, 0.6) is 0 Å². The Bertz CT molecular complexity index is 800. The Morgan fingerprint density at radius 1 is 1.22 bits per heavy atom. The van der Waals surface area contributed by atoms with Gasteiger partial charge in [0.1, 0.15) is 5.82 Å².